The number of rotatable bonds is 8. The minimum absolute atomic E-state index is 0.297. The smallest absolute Gasteiger partial charge is 0.288 e. The molecule has 1 aromatic heterocycles. The molecule has 0 unspecified atom stereocenters. The van der Waals surface area contributed by atoms with Crippen LogP contribution in [-0.4, -0.2) is 43.1 Å². The topological polar surface area (TPSA) is 61.9 Å². The molecule has 0 N–H and O–H groups in total. The third-order valence-electron chi connectivity index (χ3n) is 4.59. The maximum atomic E-state index is 5.74. The fraction of sp³-hybridized carbons (Fsp3) is 0.333. The Balaban J connectivity index is 1.85. The lowest BCUT2D eigenvalue weighted by molar-refractivity contribution is 0.240. The molecular weight excluding hydrogens is 390 g/mol. The monoisotopic (exact) mass is 415 g/mol. The Morgan fingerprint density at radius 1 is 1.07 bits per heavy atom. The molecule has 3 aromatic rings. The summed E-state index contributed by atoms with van der Waals surface area (Å²) in [7, 11) is 6.71. The molecule has 8 heteroatoms. The Bertz CT molecular complexity index is 1020. The highest BCUT2D eigenvalue weighted by atomic mass is 32.1. The standard InChI is InChI=1S/C21H25N3O4S/c1-14-8-6-7-9-15(14)12-23(2)13-24-21(29)28-20(22-24)16-10-17(25-3)19(27-5)18(11-16)26-4/h6-11H,12-13H2,1-5H3. The van der Waals surface area contributed by atoms with Crippen LogP contribution in [0.3, 0.4) is 0 Å². The molecule has 0 aliphatic carbocycles. The minimum Gasteiger partial charge on any atom is -0.493 e. The second-order valence-corrected chi connectivity index (χ2v) is 7.02. The first-order valence-electron chi connectivity index (χ1n) is 9.08. The van der Waals surface area contributed by atoms with Crippen molar-refractivity contribution < 1.29 is 18.6 Å². The van der Waals surface area contributed by atoms with Crippen molar-refractivity contribution in [2.24, 2.45) is 0 Å². The van der Waals surface area contributed by atoms with Crippen LogP contribution < -0.4 is 14.2 Å². The van der Waals surface area contributed by atoms with Gasteiger partial charge in [0.25, 0.3) is 4.84 Å². The van der Waals surface area contributed by atoms with Crippen molar-refractivity contribution in [3.05, 3.63) is 52.4 Å². The van der Waals surface area contributed by atoms with Crippen molar-refractivity contribution in [1.82, 2.24) is 14.7 Å². The highest BCUT2D eigenvalue weighted by molar-refractivity contribution is 7.71. The summed E-state index contributed by atoms with van der Waals surface area (Å²) < 4.78 is 23.6. The molecule has 7 nitrogen and oxygen atoms in total. The van der Waals surface area contributed by atoms with Gasteiger partial charge >= 0.3 is 0 Å². The zero-order valence-electron chi connectivity index (χ0n) is 17.3. The van der Waals surface area contributed by atoms with Gasteiger partial charge in [0.15, 0.2) is 11.5 Å². The van der Waals surface area contributed by atoms with Gasteiger partial charge in [-0.05, 0) is 49.4 Å². The largest absolute Gasteiger partial charge is 0.493 e. The molecule has 0 spiro atoms. The number of hydrogen-bond acceptors (Lipinski definition) is 7. The quantitative estimate of drug-likeness (QED) is 0.509. The van der Waals surface area contributed by atoms with Gasteiger partial charge in [0.05, 0.1) is 28.0 Å². The Hall–Kier alpha value is -2.84. The first kappa shape index (κ1) is 20.9. The van der Waals surface area contributed by atoms with Crippen molar-refractivity contribution in [3.63, 3.8) is 0 Å². The van der Waals surface area contributed by atoms with Crippen LogP contribution >= 0.6 is 12.2 Å². The molecule has 0 fully saturated rings. The highest BCUT2D eigenvalue weighted by Crippen LogP contribution is 2.40. The zero-order chi connectivity index (χ0) is 21.0. The van der Waals surface area contributed by atoms with E-state index in [0.717, 1.165) is 6.54 Å². The predicted octanol–water partition coefficient (Wildman–Crippen LogP) is 4.30. The lowest BCUT2D eigenvalue weighted by Crippen LogP contribution is -2.22. The van der Waals surface area contributed by atoms with E-state index in [4.69, 9.17) is 30.8 Å². The van der Waals surface area contributed by atoms with Gasteiger partial charge in [-0.3, -0.25) is 4.90 Å². The van der Waals surface area contributed by atoms with Crippen molar-refractivity contribution in [2.75, 3.05) is 28.4 Å². The fourth-order valence-corrected chi connectivity index (χ4v) is 3.25. The van der Waals surface area contributed by atoms with E-state index in [-0.39, 0.29) is 0 Å². The summed E-state index contributed by atoms with van der Waals surface area (Å²) in [6.45, 7) is 3.38. The van der Waals surface area contributed by atoms with E-state index in [0.29, 0.717) is 40.2 Å². The lowest BCUT2D eigenvalue weighted by Gasteiger charge is -2.17. The summed E-state index contributed by atoms with van der Waals surface area (Å²) >= 11 is 5.37. The maximum absolute atomic E-state index is 5.74. The van der Waals surface area contributed by atoms with Crippen LogP contribution in [-0.2, 0) is 13.2 Å². The maximum Gasteiger partial charge on any atom is 0.288 e. The van der Waals surface area contributed by atoms with E-state index in [9.17, 15) is 0 Å². The Morgan fingerprint density at radius 2 is 1.72 bits per heavy atom. The van der Waals surface area contributed by atoms with Crippen LogP contribution in [0.1, 0.15) is 11.1 Å². The second kappa shape index (κ2) is 9.11. The van der Waals surface area contributed by atoms with E-state index in [1.54, 1.807) is 38.1 Å². The van der Waals surface area contributed by atoms with E-state index >= 15 is 0 Å². The molecule has 0 saturated carbocycles. The molecule has 154 valence electrons. The molecule has 0 amide bonds. The summed E-state index contributed by atoms with van der Waals surface area (Å²) in [6.07, 6.45) is 0. The number of aromatic nitrogens is 2. The molecule has 0 aliphatic rings. The minimum atomic E-state index is 0.297. The molecule has 0 bridgehead atoms. The molecule has 0 saturated heterocycles. The summed E-state index contributed by atoms with van der Waals surface area (Å²) in [5.41, 5.74) is 3.20. The lowest BCUT2D eigenvalue weighted by atomic mass is 10.1. The number of ether oxygens (including phenoxy) is 3. The average molecular weight is 416 g/mol. The van der Waals surface area contributed by atoms with Gasteiger partial charge in [0, 0.05) is 12.1 Å². The molecule has 1 heterocycles. The Kier molecular flexibility index (Phi) is 6.56. The third kappa shape index (κ3) is 4.60. The molecule has 3 rings (SSSR count). The van der Waals surface area contributed by atoms with Gasteiger partial charge in [-0.2, -0.15) is 0 Å². The van der Waals surface area contributed by atoms with Gasteiger partial charge in [-0.1, -0.05) is 24.3 Å². The van der Waals surface area contributed by atoms with Gasteiger partial charge in [0.2, 0.25) is 11.6 Å². The summed E-state index contributed by atoms with van der Waals surface area (Å²) in [5.74, 6) is 1.94. The van der Waals surface area contributed by atoms with Crippen LogP contribution in [0.15, 0.2) is 40.8 Å². The first-order chi connectivity index (χ1) is 14.0. The van der Waals surface area contributed by atoms with Gasteiger partial charge in [-0.25, -0.2) is 4.68 Å². The Labute approximate surface area is 175 Å². The van der Waals surface area contributed by atoms with Crippen molar-refractivity contribution in [3.8, 4) is 28.7 Å². The van der Waals surface area contributed by atoms with Crippen LogP contribution in [0.25, 0.3) is 11.5 Å². The van der Waals surface area contributed by atoms with Gasteiger partial charge in [-0.15, -0.1) is 5.10 Å². The molecule has 2 aromatic carbocycles. The normalized spacial score (nSPS) is 11.0. The van der Waals surface area contributed by atoms with Crippen molar-refractivity contribution >= 4 is 12.2 Å². The highest BCUT2D eigenvalue weighted by Gasteiger charge is 2.18. The summed E-state index contributed by atoms with van der Waals surface area (Å²) in [5, 5.41) is 4.54. The number of hydrogen-bond donors (Lipinski definition) is 0. The van der Waals surface area contributed by atoms with E-state index in [1.807, 2.05) is 19.2 Å². The van der Waals surface area contributed by atoms with E-state index < -0.39 is 0 Å². The second-order valence-electron chi connectivity index (χ2n) is 6.67. The first-order valence-corrected chi connectivity index (χ1v) is 9.49. The van der Waals surface area contributed by atoms with Gasteiger partial charge in [0.1, 0.15) is 0 Å². The third-order valence-corrected chi connectivity index (χ3v) is 4.89. The number of benzene rings is 2. The van der Waals surface area contributed by atoms with Crippen LogP contribution in [0.5, 0.6) is 17.2 Å². The molecule has 0 aliphatic heterocycles. The molecule has 0 atom stereocenters. The predicted molar refractivity (Wildman–Crippen MR) is 113 cm³/mol. The van der Waals surface area contributed by atoms with Crippen LogP contribution in [0.4, 0.5) is 0 Å². The number of nitrogens with zero attached hydrogens (tertiary/aromatic N) is 3. The van der Waals surface area contributed by atoms with Crippen LogP contribution in [0, 0.1) is 11.8 Å². The number of methoxy groups -OCH3 is 3. The zero-order valence-corrected chi connectivity index (χ0v) is 18.1. The molecule has 0 radical (unpaired) electrons. The SMILES string of the molecule is COc1cc(-c2nn(CN(C)Cc3ccccc3C)c(=S)o2)cc(OC)c1OC. The van der Waals surface area contributed by atoms with Crippen molar-refractivity contribution in [1.29, 1.82) is 0 Å². The molecule has 29 heavy (non-hydrogen) atoms. The molecular formula is C21H25N3O4S. The Morgan fingerprint density at radius 3 is 2.31 bits per heavy atom. The van der Waals surface area contributed by atoms with E-state index in [1.165, 1.54) is 11.1 Å². The number of aryl methyl sites for hydroxylation is 1. The van der Waals surface area contributed by atoms with Crippen molar-refractivity contribution in [2.45, 2.75) is 20.1 Å². The van der Waals surface area contributed by atoms with E-state index in [2.05, 4.69) is 29.1 Å². The fourth-order valence-electron chi connectivity index (χ4n) is 3.07. The average Bonchev–Trinajstić information content (AvgIpc) is 3.08. The van der Waals surface area contributed by atoms with Crippen LogP contribution in [0.2, 0.25) is 0 Å². The summed E-state index contributed by atoms with van der Waals surface area (Å²) in [4.78, 5) is 2.42. The van der Waals surface area contributed by atoms with Gasteiger partial charge < -0.3 is 18.6 Å². The summed E-state index contributed by atoms with van der Waals surface area (Å²) in [6, 6.07) is 11.9.